The van der Waals surface area contributed by atoms with E-state index in [0.717, 1.165) is 0 Å². The van der Waals surface area contributed by atoms with Crippen LogP contribution in [0.5, 0.6) is 0 Å². The van der Waals surface area contributed by atoms with E-state index in [0.29, 0.717) is 5.84 Å². The third kappa shape index (κ3) is 2.82. The van der Waals surface area contributed by atoms with Crippen LogP contribution < -0.4 is 16.5 Å². The van der Waals surface area contributed by atoms with Crippen LogP contribution >= 0.6 is 0 Å². The molecule has 0 aliphatic heterocycles. The Morgan fingerprint density at radius 3 is 2.43 bits per heavy atom. The zero-order valence-corrected chi connectivity index (χ0v) is 4.31. The molecule has 5 N–H and O–H groups in total. The molecule has 7 heavy (non-hydrogen) atoms. The van der Waals surface area contributed by atoms with Crippen molar-refractivity contribution >= 4 is 5.84 Å². The molecular weight excluding hydrogens is 90.1 g/mol. The zero-order chi connectivity index (χ0) is 5.70. The molecule has 0 aromatic heterocycles. The SMILES string of the molecule is C[NH+]=C(N)C=CN. The fourth-order valence-corrected chi connectivity index (χ4v) is 0.187. The van der Waals surface area contributed by atoms with Gasteiger partial charge in [-0.1, -0.05) is 0 Å². The summed E-state index contributed by atoms with van der Waals surface area (Å²) >= 11 is 0. The van der Waals surface area contributed by atoms with Crippen molar-refractivity contribution in [2.45, 2.75) is 0 Å². The first-order valence-electron chi connectivity index (χ1n) is 1.99. The Bertz CT molecular complexity index is 93.1. The molecule has 3 heteroatoms. The molecule has 0 atom stereocenters. The standard InChI is InChI=1S/C4H9N3/c1-7-4(6)2-3-5/h2-3H,5H2,1H3,(H2,6,7)/p+1. The van der Waals surface area contributed by atoms with Crippen molar-refractivity contribution in [3.63, 3.8) is 0 Å². The van der Waals surface area contributed by atoms with Gasteiger partial charge in [0.05, 0.1) is 7.05 Å². The van der Waals surface area contributed by atoms with Crippen LogP contribution in [0.25, 0.3) is 0 Å². The summed E-state index contributed by atoms with van der Waals surface area (Å²) in [6, 6.07) is 0. The van der Waals surface area contributed by atoms with Crippen molar-refractivity contribution in [1.29, 1.82) is 0 Å². The van der Waals surface area contributed by atoms with E-state index >= 15 is 0 Å². The summed E-state index contributed by atoms with van der Waals surface area (Å²) in [6.07, 6.45) is 2.96. The Balaban J connectivity index is 3.58. The van der Waals surface area contributed by atoms with Gasteiger partial charge < -0.3 is 5.73 Å². The highest BCUT2D eigenvalue weighted by Crippen LogP contribution is 1.51. The van der Waals surface area contributed by atoms with Crippen molar-refractivity contribution < 1.29 is 4.99 Å². The van der Waals surface area contributed by atoms with E-state index in [1.165, 1.54) is 6.20 Å². The monoisotopic (exact) mass is 100 g/mol. The summed E-state index contributed by atoms with van der Waals surface area (Å²) in [6.45, 7) is 0. The predicted molar refractivity (Wildman–Crippen MR) is 29.4 cm³/mol. The van der Waals surface area contributed by atoms with Crippen molar-refractivity contribution in [3.8, 4) is 0 Å². The highest BCUT2D eigenvalue weighted by atomic mass is 14.8. The number of nitrogens with one attached hydrogen (secondary N) is 1. The predicted octanol–water partition coefficient (Wildman–Crippen LogP) is -2.47. The molecule has 0 unspecified atom stereocenters. The van der Waals surface area contributed by atoms with E-state index in [1.54, 1.807) is 13.1 Å². The molecule has 0 aliphatic rings. The Morgan fingerprint density at radius 2 is 2.29 bits per heavy atom. The first-order valence-corrected chi connectivity index (χ1v) is 1.99. The second-order valence-electron chi connectivity index (χ2n) is 1.06. The van der Waals surface area contributed by atoms with E-state index in [4.69, 9.17) is 11.5 Å². The lowest BCUT2D eigenvalue weighted by Crippen LogP contribution is -2.70. The van der Waals surface area contributed by atoms with Gasteiger partial charge in [0.25, 0.3) is 5.84 Å². The van der Waals surface area contributed by atoms with Gasteiger partial charge in [0.15, 0.2) is 0 Å². The maximum absolute atomic E-state index is 5.22. The number of amidine groups is 1. The van der Waals surface area contributed by atoms with Gasteiger partial charge in [-0.05, 0) is 0 Å². The topological polar surface area (TPSA) is 66.0 Å². The molecule has 0 radical (unpaired) electrons. The molecule has 0 rings (SSSR count). The minimum Gasteiger partial charge on any atom is -0.404 e. The highest BCUT2D eigenvalue weighted by molar-refractivity contribution is 5.85. The van der Waals surface area contributed by atoms with E-state index in [9.17, 15) is 0 Å². The summed E-state index contributed by atoms with van der Waals surface area (Å²) in [7, 11) is 1.73. The molecule has 0 saturated carbocycles. The van der Waals surface area contributed by atoms with Gasteiger partial charge in [-0.25, -0.2) is 0 Å². The molecule has 0 aromatic carbocycles. The van der Waals surface area contributed by atoms with Gasteiger partial charge in [-0.15, -0.1) is 0 Å². The summed E-state index contributed by atoms with van der Waals surface area (Å²) in [5.74, 6) is 0.572. The van der Waals surface area contributed by atoms with E-state index in [2.05, 4.69) is 4.99 Å². The number of rotatable bonds is 1. The Labute approximate surface area is 42.7 Å². The molecule has 40 valence electrons. The summed E-state index contributed by atoms with van der Waals surface area (Å²) in [4.78, 5) is 2.69. The van der Waals surface area contributed by atoms with Crippen molar-refractivity contribution in [1.82, 2.24) is 0 Å². The van der Waals surface area contributed by atoms with Crippen LogP contribution in [0.3, 0.4) is 0 Å². The average molecular weight is 100 g/mol. The lowest BCUT2D eigenvalue weighted by atomic mass is 10.6. The minimum absolute atomic E-state index is 0.572. The van der Waals surface area contributed by atoms with Crippen LogP contribution in [0.15, 0.2) is 12.3 Å². The third-order valence-electron chi connectivity index (χ3n) is 0.564. The molecule has 3 nitrogen and oxygen atoms in total. The van der Waals surface area contributed by atoms with Gasteiger partial charge >= 0.3 is 0 Å². The fourth-order valence-electron chi connectivity index (χ4n) is 0.187. The van der Waals surface area contributed by atoms with Gasteiger partial charge in [0.2, 0.25) is 0 Å². The third-order valence-corrected chi connectivity index (χ3v) is 0.564. The second-order valence-corrected chi connectivity index (χ2v) is 1.06. The molecule has 0 fully saturated rings. The van der Waals surface area contributed by atoms with Crippen LogP contribution in [0.4, 0.5) is 0 Å². The molecule has 0 aliphatic carbocycles. The number of nitrogens with two attached hydrogens (primary N) is 2. The summed E-state index contributed by atoms with van der Waals surface area (Å²) < 4.78 is 0. The maximum atomic E-state index is 5.22. The molecule has 0 aromatic rings. The number of hydrogen-bond acceptors (Lipinski definition) is 1. The van der Waals surface area contributed by atoms with Crippen molar-refractivity contribution in [2.24, 2.45) is 11.5 Å². The lowest BCUT2D eigenvalue weighted by molar-refractivity contribution is -0.419. The molecule has 0 bridgehead atoms. The first-order chi connectivity index (χ1) is 3.31. The largest absolute Gasteiger partial charge is 0.404 e. The second kappa shape index (κ2) is 3.21. The quantitative estimate of drug-likeness (QED) is 0.252. The van der Waals surface area contributed by atoms with Crippen LogP contribution in [-0.4, -0.2) is 12.9 Å². The summed E-state index contributed by atoms with van der Waals surface area (Å²) in [5.41, 5.74) is 10.2. The molecule has 0 saturated heterocycles. The van der Waals surface area contributed by atoms with Crippen LogP contribution in [0.1, 0.15) is 0 Å². The normalized spacial score (nSPS) is 13.0. The van der Waals surface area contributed by atoms with E-state index < -0.39 is 0 Å². The molecule has 0 amide bonds. The Kier molecular flexibility index (Phi) is 2.76. The molecule has 0 heterocycles. The maximum Gasteiger partial charge on any atom is 0.266 e. The highest BCUT2D eigenvalue weighted by Gasteiger charge is 1.80. The smallest absolute Gasteiger partial charge is 0.266 e. The van der Waals surface area contributed by atoms with Crippen LogP contribution in [-0.2, 0) is 0 Å². The zero-order valence-electron chi connectivity index (χ0n) is 4.31. The summed E-state index contributed by atoms with van der Waals surface area (Å²) in [5, 5.41) is 0. The van der Waals surface area contributed by atoms with Gasteiger partial charge in [0, 0.05) is 12.3 Å². The van der Waals surface area contributed by atoms with E-state index in [1.807, 2.05) is 0 Å². The Morgan fingerprint density at radius 1 is 1.71 bits per heavy atom. The molecule has 0 spiro atoms. The number of hydrogen-bond donors (Lipinski definition) is 3. The van der Waals surface area contributed by atoms with Crippen molar-refractivity contribution in [3.05, 3.63) is 12.3 Å². The van der Waals surface area contributed by atoms with E-state index in [-0.39, 0.29) is 0 Å². The molecular formula is C4H10N3+. The van der Waals surface area contributed by atoms with Crippen LogP contribution in [0.2, 0.25) is 0 Å². The fraction of sp³-hybridized carbons (Fsp3) is 0.250. The lowest BCUT2D eigenvalue weighted by Gasteiger charge is -1.74. The van der Waals surface area contributed by atoms with Crippen LogP contribution in [0, 0.1) is 0 Å². The van der Waals surface area contributed by atoms with Gasteiger partial charge in [0.1, 0.15) is 0 Å². The van der Waals surface area contributed by atoms with Gasteiger partial charge in [-0.2, -0.15) is 0 Å². The van der Waals surface area contributed by atoms with Crippen molar-refractivity contribution in [2.75, 3.05) is 7.05 Å². The Hall–Kier alpha value is -0.990. The first kappa shape index (κ1) is 6.01. The van der Waals surface area contributed by atoms with Gasteiger partial charge in [-0.3, -0.25) is 10.7 Å². The minimum atomic E-state index is 0.572. The average Bonchev–Trinajstić information content (AvgIpc) is 1.68.